The third-order valence-corrected chi connectivity index (χ3v) is 9.82. The zero-order chi connectivity index (χ0) is 19.1. The molecule has 0 bridgehead atoms. The van der Waals surface area contributed by atoms with E-state index < -0.39 is 0 Å². The Hall–Kier alpha value is 0.328. The standard InChI is InChI=1S/C25H43.ClH.Sb.3H/c1-4-7-10-11-12-16-21-25(22-23-17-14-13-15-18-23)24(19-8-5-2)20-9-6-3;;;;;/h13-15,17-18,25H,4-12,16,19-22H2,1-3H3;1H;;;;/q;;+1;;;/p-1. The second-order valence-electron chi connectivity index (χ2n) is 8.51. The van der Waals surface area contributed by atoms with E-state index in [0.717, 1.165) is 28.9 Å². The van der Waals surface area contributed by atoms with Crippen molar-refractivity contribution in [2.75, 3.05) is 0 Å². The molecule has 0 amide bonds. The number of rotatable bonds is 16. The van der Waals surface area contributed by atoms with Crippen molar-refractivity contribution in [2.45, 2.75) is 114 Å². The molecule has 1 atom stereocenters. The molecule has 1 unspecified atom stereocenters. The molecule has 0 saturated heterocycles. The van der Waals surface area contributed by atoms with Gasteiger partial charge in [0.15, 0.2) is 0 Å². The molecule has 1 rings (SSSR count). The van der Waals surface area contributed by atoms with Gasteiger partial charge in [0.1, 0.15) is 0 Å². The van der Waals surface area contributed by atoms with Crippen molar-refractivity contribution in [3.05, 3.63) is 35.9 Å². The van der Waals surface area contributed by atoms with Crippen molar-refractivity contribution >= 4 is 23.0 Å². The molecule has 0 nitrogen and oxygen atoms in total. The molecule has 0 saturated carbocycles. The van der Waals surface area contributed by atoms with E-state index in [4.69, 9.17) is 0 Å². The van der Waals surface area contributed by atoms with Gasteiger partial charge in [-0.1, -0.05) is 0 Å². The minimum absolute atomic E-state index is 0. The largest absolute Gasteiger partial charge is 1.00 e. The molecule has 0 N–H and O–H groups in total. The van der Waals surface area contributed by atoms with Crippen LogP contribution in [0.3, 0.4) is 0 Å². The number of unbranched alkanes of at least 4 members (excludes halogenated alkanes) is 7. The zero-order valence-electron chi connectivity index (χ0n) is 18.4. The first-order valence-electron chi connectivity index (χ1n) is 11.6. The Morgan fingerprint density at radius 1 is 0.741 bits per heavy atom. The summed E-state index contributed by atoms with van der Waals surface area (Å²) in [6.45, 7) is 7.05. The Bertz CT molecular complexity index is 423. The third-order valence-electron chi connectivity index (χ3n) is 6.15. The van der Waals surface area contributed by atoms with E-state index in [0.29, 0.717) is 3.36 Å². The van der Waals surface area contributed by atoms with Crippen LogP contribution in [-0.2, 0) is 6.42 Å². The van der Waals surface area contributed by atoms with Crippen LogP contribution in [0.2, 0.25) is 3.36 Å². The second kappa shape index (κ2) is 17.2. The van der Waals surface area contributed by atoms with E-state index in [1.807, 2.05) is 0 Å². The van der Waals surface area contributed by atoms with Gasteiger partial charge in [-0.2, -0.15) is 0 Å². The van der Waals surface area contributed by atoms with Gasteiger partial charge in [0.05, 0.1) is 0 Å². The van der Waals surface area contributed by atoms with Crippen molar-refractivity contribution in [1.82, 2.24) is 0 Å². The predicted molar refractivity (Wildman–Crippen MR) is 123 cm³/mol. The molecule has 2 heteroatoms. The Morgan fingerprint density at radius 3 is 1.81 bits per heavy atom. The average molecular weight is 504 g/mol. The van der Waals surface area contributed by atoms with Gasteiger partial charge in [0.2, 0.25) is 0 Å². The Labute approximate surface area is 190 Å². The quantitative estimate of drug-likeness (QED) is 0.230. The first kappa shape index (κ1) is 27.3. The summed E-state index contributed by atoms with van der Waals surface area (Å²) in [5, 5.41) is 0. The molecule has 1 aromatic carbocycles. The van der Waals surface area contributed by atoms with Crippen LogP contribution >= 0.6 is 0 Å². The van der Waals surface area contributed by atoms with E-state index in [1.165, 1.54) is 89.9 Å². The summed E-state index contributed by atoms with van der Waals surface area (Å²) in [4.78, 5) is 0. The molecule has 0 heterocycles. The Morgan fingerprint density at radius 2 is 1.26 bits per heavy atom. The SMILES string of the molecule is CCCCCCCCC(Cc1ccccc1)[C]([SbH3+])(CCCC)CCCC.[Cl-]. The first-order valence-corrected chi connectivity index (χ1v) is 13.6. The van der Waals surface area contributed by atoms with Crippen LogP contribution in [0.1, 0.15) is 110 Å². The molecular formula is C25H46ClSb. The van der Waals surface area contributed by atoms with Gasteiger partial charge in [-0.25, -0.2) is 0 Å². The van der Waals surface area contributed by atoms with Gasteiger partial charge in [0, 0.05) is 0 Å². The number of benzene rings is 1. The molecule has 0 aliphatic heterocycles. The van der Waals surface area contributed by atoms with Crippen LogP contribution in [0.4, 0.5) is 0 Å². The third kappa shape index (κ3) is 11.8. The van der Waals surface area contributed by atoms with Crippen LogP contribution < -0.4 is 12.4 Å². The molecule has 0 aliphatic carbocycles. The average Bonchev–Trinajstić information content (AvgIpc) is 2.67. The molecule has 0 aromatic heterocycles. The first-order chi connectivity index (χ1) is 12.7. The van der Waals surface area contributed by atoms with Crippen molar-refractivity contribution in [1.29, 1.82) is 0 Å². The summed E-state index contributed by atoms with van der Waals surface area (Å²) in [5.41, 5.74) is 1.57. The fourth-order valence-corrected chi connectivity index (χ4v) is 6.71. The van der Waals surface area contributed by atoms with Gasteiger partial charge in [-0.3, -0.25) is 0 Å². The number of halogens is 1. The molecular weight excluding hydrogens is 457 g/mol. The fourth-order valence-electron chi connectivity index (χ4n) is 4.29. The summed E-state index contributed by atoms with van der Waals surface area (Å²) < 4.78 is 0.689. The summed E-state index contributed by atoms with van der Waals surface area (Å²) in [6.07, 6.45) is 19.9. The predicted octanol–water partition coefficient (Wildman–Crippen LogP) is 4.50. The van der Waals surface area contributed by atoms with Crippen LogP contribution in [-0.4, -0.2) is 23.0 Å². The van der Waals surface area contributed by atoms with Crippen molar-refractivity contribution in [3.8, 4) is 0 Å². The molecule has 27 heavy (non-hydrogen) atoms. The summed E-state index contributed by atoms with van der Waals surface area (Å²) >= 11 is 1.08. The summed E-state index contributed by atoms with van der Waals surface area (Å²) in [7, 11) is 0. The van der Waals surface area contributed by atoms with Gasteiger partial charge >= 0.3 is 179 Å². The second-order valence-corrected chi connectivity index (χ2v) is 12.5. The van der Waals surface area contributed by atoms with Crippen LogP contribution in [0.15, 0.2) is 30.3 Å². The zero-order valence-corrected chi connectivity index (χ0v) is 23.2. The molecule has 158 valence electrons. The number of hydrogen-bond acceptors (Lipinski definition) is 0. The summed E-state index contributed by atoms with van der Waals surface area (Å²) in [6, 6.07) is 11.3. The van der Waals surface area contributed by atoms with Crippen LogP contribution in [0, 0.1) is 5.92 Å². The van der Waals surface area contributed by atoms with Gasteiger partial charge in [-0.05, 0) is 0 Å². The Kier molecular flexibility index (Phi) is 17.4. The van der Waals surface area contributed by atoms with Gasteiger partial charge < -0.3 is 12.4 Å². The van der Waals surface area contributed by atoms with Crippen molar-refractivity contribution < 1.29 is 12.4 Å². The van der Waals surface area contributed by atoms with Crippen molar-refractivity contribution in [2.24, 2.45) is 5.92 Å². The van der Waals surface area contributed by atoms with Crippen molar-refractivity contribution in [3.63, 3.8) is 0 Å². The monoisotopic (exact) mass is 502 g/mol. The van der Waals surface area contributed by atoms with Crippen LogP contribution in [0.25, 0.3) is 0 Å². The maximum absolute atomic E-state index is 2.37. The maximum atomic E-state index is 2.37. The normalized spacial score (nSPS) is 12.7. The minimum atomic E-state index is 0. The maximum Gasteiger partial charge on any atom is -1.00 e. The Balaban J connectivity index is 0.00000676. The minimum Gasteiger partial charge on any atom is -1.00 e. The topological polar surface area (TPSA) is 0 Å². The molecule has 0 fully saturated rings. The van der Waals surface area contributed by atoms with E-state index in [9.17, 15) is 0 Å². The fraction of sp³-hybridized carbons (Fsp3) is 0.760. The number of hydrogen-bond donors (Lipinski definition) is 0. The van der Waals surface area contributed by atoms with Gasteiger partial charge in [0.25, 0.3) is 0 Å². The van der Waals surface area contributed by atoms with Gasteiger partial charge in [-0.15, -0.1) is 0 Å². The molecule has 0 aliphatic rings. The smallest absolute Gasteiger partial charge is 1.00 e. The van der Waals surface area contributed by atoms with E-state index >= 15 is 0 Å². The molecule has 0 radical (unpaired) electrons. The molecule has 1 aromatic rings. The summed E-state index contributed by atoms with van der Waals surface area (Å²) in [5.74, 6) is 0.917. The van der Waals surface area contributed by atoms with Crippen LogP contribution in [0.5, 0.6) is 0 Å². The van der Waals surface area contributed by atoms with E-state index in [1.54, 1.807) is 5.56 Å². The van der Waals surface area contributed by atoms with E-state index in [2.05, 4.69) is 51.1 Å². The van der Waals surface area contributed by atoms with E-state index in [-0.39, 0.29) is 12.4 Å². The molecule has 0 spiro atoms.